The zero-order valence-corrected chi connectivity index (χ0v) is 19.5. The first-order valence-electron chi connectivity index (χ1n) is 11.9. The van der Waals surface area contributed by atoms with Crippen molar-refractivity contribution < 1.29 is 13.2 Å². The van der Waals surface area contributed by atoms with E-state index >= 15 is 0 Å². The second-order valence-electron chi connectivity index (χ2n) is 9.38. The van der Waals surface area contributed by atoms with Gasteiger partial charge in [0.1, 0.15) is 0 Å². The van der Waals surface area contributed by atoms with Crippen LogP contribution >= 0.6 is 0 Å². The predicted molar refractivity (Wildman–Crippen MR) is 131 cm³/mol. The third-order valence-corrected chi connectivity index (χ3v) is 6.62. The lowest BCUT2D eigenvalue weighted by molar-refractivity contribution is -0.137. The van der Waals surface area contributed by atoms with Gasteiger partial charge in [-0.25, -0.2) is 0 Å². The van der Waals surface area contributed by atoms with Gasteiger partial charge >= 0.3 is 6.18 Å². The van der Waals surface area contributed by atoms with Crippen molar-refractivity contribution in [2.24, 2.45) is 5.92 Å². The number of hydrogen-bond donors (Lipinski definition) is 0. The summed E-state index contributed by atoms with van der Waals surface area (Å²) in [5.41, 5.74) is 1.90. The van der Waals surface area contributed by atoms with Crippen LogP contribution < -0.4 is 5.56 Å². The molecule has 0 N–H and O–H groups in total. The Kier molecular flexibility index (Phi) is 6.23. The minimum absolute atomic E-state index is 0.256. The molecule has 1 aliphatic rings. The lowest BCUT2D eigenvalue weighted by atomic mass is 10.0. The molecule has 8 heteroatoms. The average Bonchev–Trinajstić information content (AvgIpc) is 3.48. The highest BCUT2D eigenvalue weighted by Crippen LogP contribution is 2.31. The maximum atomic E-state index is 12.8. The zero-order valence-electron chi connectivity index (χ0n) is 19.5. The molecule has 3 heterocycles. The number of nitrogens with zero attached hydrogens (tertiary/aromatic N) is 4. The lowest BCUT2D eigenvalue weighted by Crippen LogP contribution is -2.27. The van der Waals surface area contributed by atoms with Gasteiger partial charge in [-0.3, -0.25) is 14.0 Å². The quantitative estimate of drug-likeness (QED) is 0.361. The molecular weight excluding hydrogens is 453 g/mol. The van der Waals surface area contributed by atoms with E-state index in [9.17, 15) is 18.0 Å². The van der Waals surface area contributed by atoms with E-state index in [4.69, 9.17) is 0 Å². The summed E-state index contributed by atoms with van der Waals surface area (Å²) in [4.78, 5) is 15.4. The molecule has 2 aromatic heterocycles. The molecular formula is C27H27F3N4O. The number of aromatic nitrogens is 3. The monoisotopic (exact) mass is 480 g/mol. The van der Waals surface area contributed by atoms with Crippen molar-refractivity contribution in [1.82, 2.24) is 19.2 Å². The summed E-state index contributed by atoms with van der Waals surface area (Å²) in [6.45, 7) is 6.51. The largest absolute Gasteiger partial charge is 0.416 e. The molecule has 0 aliphatic carbocycles. The Labute approximate surface area is 201 Å². The van der Waals surface area contributed by atoms with Gasteiger partial charge < -0.3 is 4.90 Å². The van der Waals surface area contributed by atoms with E-state index in [-0.39, 0.29) is 5.56 Å². The summed E-state index contributed by atoms with van der Waals surface area (Å²) in [5, 5.41) is 5.53. The topological polar surface area (TPSA) is 43.1 Å². The summed E-state index contributed by atoms with van der Waals surface area (Å²) in [7, 11) is 0. The highest BCUT2D eigenvalue weighted by atomic mass is 19.4. The smallest absolute Gasteiger partial charge is 0.303 e. The highest BCUT2D eigenvalue weighted by molar-refractivity contribution is 5.81. The Hall–Kier alpha value is -3.39. The molecule has 0 amide bonds. The molecule has 5 rings (SSSR count). The molecule has 35 heavy (non-hydrogen) atoms. The van der Waals surface area contributed by atoms with Crippen LogP contribution in [0.5, 0.6) is 0 Å². The molecule has 182 valence electrons. The van der Waals surface area contributed by atoms with E-state index in [1.54, 1.807) is 12.3 Å². The fourth-order valence-electron chi connectivity index (χ4n) is 4.85. The van der Waals surface area contributed by atoms with Gasteiger partial charge in [-0.05, 0) is 79.4 Å². The molecule has 0 bridgehead atoms. The number of halogens is 3. The third-order valence-electron chi connectivity index (χ3n) is 6.62. The molecule has 1 aliphatic heterocycles. The molecule has 0 saturated carbocycles. The molecule has 1 fully saturated rings. The molecule has 0 unspecified atom stereocenters. The van der Waals surface area contributed by atoms with Crippen molar-refractivity contribution in [3.05, 3.63) is 82.9 Å². The SMILES string of the molecule is C[C@@H](CN1CCCC1)Cn1ncc2cc(-n3ccc(-c4ccc(C(F)(F)F)cc4)cc3=O)ccc21. The van der Waals surface area contributed by atoms with E-state index < -0.39 is 11.7 Å². The molecule has 0 spiro atoms. The van der Waals surface area contributed by atoms with E-state index in [1.165, 1.54) is 48.7 Å². The van der Waals surface area contributed by atoms with Crippen LogP contribution in [0.1, 0.15) is 25.3 Å². The number of likely N-dealkylation sites (tertiary alicyclic amines) is 1. The second-order valence-corrected chi connectivity index (χ2v) is 9.38. The molecule has 4 aromatic rings. The van der Waals surface area contributed by atoms with Crippen LogP contribution in [-0.4, -0.2) is 38.9 Å². The molecule has 1 saturated heterocycles. The van der Waals surface area contributed by atoms with Crippen molar-refractivity contribution in [2.45, 2.75) is 32.5 Å². The normalized spacial score (nSPS) is 15.7. The highest BCUT2D eigenvalue weighted by Gasteiger charge is 2.30. The van der Waals surface area contributed by atoms with Crippen molar-refractivity contribution >= 4 is 10.9 Å². The molecule has 5 nitrogen and oxygen atoms in total. The summed E-state index contributed by atoms with van der Waals surface area (Å²) >= 11 is 0. The molecule has 0 radical (unpaired) electrons. The van der Waals surface area contributed by atoms with Gasteiger partial charge in [0.2, 0.25) is 0 Å². The van der Waals surface area contributed by atoms with Gasteiger partial charge in [0, 0.05) is 36.4 Å². The van der Waals surface area contributed by atoms with Crippen molar-refractivity contribution in [3.63, 3.8) is 0 Å². The number of benzene rings is 2. The third kappa shape index (κ3) is 5.03. The van der Waals surface area contributed by atoms with Crippen LogP contribution in [0.15, 0.2) is 71.8 Å². The number of pyridine rings is 1. The number of fused-ring (bicyclic) bond motifs is 1. The fraction of sp³-hybridized carbons (Fsp3) is 0.333. The summed E-state index contributed by atoms with van der Waals surface area (Å²) in [6.07, 6.45) is 1.65. The minimum atomic E-state index is -4.39. The Balaban J connectivity index is 1.35. The Bertz CT molecular complexity index is 1380. The average molecular weight is 481 g/mol. The van der Waals surface area contributed by atoms with Gasteiger partial charge in [-0.2, -0.15) is 18.3 Å². The van der Waals surface area contributed by atoms with Crippen LogP contribution in [0.3, 0.4) is 0 Å². The molecule has 1 atom stereocenters. The van der Waals surface area contributed by atoms with Crippen LogP contribution in [0.25, 0.3) is 27.7 Å². The van der Waals surface area contributed by atoms with E-state index in [2.05, 4.69) is 16.9 Å². The van der Waals surface area contributed by atoms with Crippen LogP contribution in [0.2, 0.25) is 0 Å². The minimum Gasteiger partial charge on any atom is -0.303 e. The fourth-order valence-corrected chi connectivity index (χ4v) is 4.85. The lowest BCUT2D eigenvalue weighted by Gasteiger charge is -2.20. The van der Waals surface area contributed by atoms with Crippen LogP contribution in [0.4, 0.5) is 13.2 Å². The van der Waals surface area contributed by atoms with Gasteiger partial charge in [-0.15, -0.1) is 0 Å². The first-order chi connectivity index (χ1) is 16.8. The summed E-state index contributed by atoms with van der Waals surface area (Å²) < 4.78 is 42.0. The van der Waals surface area contributed by atoms with E-state index in [0.717, 1.165) is 36.1 Å². The molecule has 2 aromatic carbocycles. The van der Waals surface area contributed by atoms with Crippen LogP contribution in [0, 0.1) is 5.92 Å². The van der Waals surface area contributed by atoms with Crippen LogP contribution in [-0.2, 0) is 12.7 Å². The summed E-state index contributed by atoms with van der Waals surface area (Å²) in [6, 6.07) is 13.8. The number of rotatable bonds is 6. The van der Waals surface area contributed by atoms with Crippen molar-refractivity contribution in [3.8, 4) is 16.8 Å². The maximum Gasteiger partial charge on any atom is 0.416 e. The van der Waals surface area contributed by atoms with E-state index in [1.807, 2.05) is 29.1 Å². The number of alkyl halides is 3. The second kappa shape index (κ2) is 9.34. The Morgan fingerprint density at radius 1 is 0.943 bits per heavy atom. The van der Waals surface area contributed by atoms with Gasteiger partial charge in [0.25, 0.3) is 5.56 Å². The van der Waals surface area contributed by atoms with E-state index in [0.29, 0.717) is 22.7 Å². The Morgan fingerprint density at radius 3 is 2.37 bits per heavy atom. The van der Waals surface area contributed by atoms with Gasteiger partial charge in [0.15, 0.2) is 0 Å². The van der Waals surface area contributed by atoms with Gasteiger partial charge in [-0.1, -0.05) is 19.1 Å². The standard InChI is InChI=1S/C27H27F3N4O/c1-19(17-32-11-2-3-12-32)18-34-25-9-8-24(14-22(25)16-31-34)33-13-10-21(15-26(33)35)20-4-6-23(7-5-20)27(28,29)30/h4-10,13-16,19H,2-3,11-12,17-18H2,1H3/t19-/m0/s1. The van der Waals surface area contributed by atoms with Gasteiger partial charge in [0.05, 0.1) is 17.3 Å². The number of hydrogen-bond acceptors (Lipinski definition) is 3. The Morgan fingerprint density at radius 2 is 1.69 bits per heavy atom. The summed E-state index contributed by atoms with van der Waals surface area (Å²) in [5.74, 6) is 0.483. The first kappa shape index (κ1) is 23.4. The first-order valence-corrected chi connectivity index (χ1v) is 11.9. The van der Waals surface area contributed by atoms with Crippen molar-refractivity contribution in [2.75, 3.05) is 19.6 Å². The van der Waals surface area contributed by atoms with Crippen molar-refractivity contribution in [1.29, 1.82) is 0 Å². The maximum absolute atomic E-state index is 12.8. The zero-order chi connectivity index (χ0) is 24.6. The predicted octanol–water partition coefficient (Wildman–Crippen LogP) is 5.60.